The molecule has 3 rings (SSSR count). The van der Waals surface area contributed by atoms with Crippen LogP contribution in [-0.4, -0.2) is 39.8 Å². The summed E-state index contributed by atoms with van der Waals surface area (Å²) in [5.41, 5.74) is 0.190. The zero-order valence-electron chi connectivity index (χ0n) is 13.5. The molecular formula is C16H18F2N4OS. The number of halogens is 2. The summed E-state index contributed by atoms with van der Waals surface area (Å²) in [6.45, 7) is 5.30. The number of amides is 1. The number of benzene rings is 1. The Morgan fingerprint density at radius 3 is 2.75 bits per heavy atom. The molecule has 0 saturated carbocycles. The van der Waals surface area contributed by atoms with E-state index in [2.05, 4.69) is 9.36 Å². The van der Waals surface area contributed by atoms with Gasteiger partial charge in [0, 0.05) is 42.6 Å². The first-order valence-electron chi connectivity index (χ1n) is 7.74. The summed E-state index contributed by atoms with van der Waals surface area (Å²) in [4.78, 5) is 20.2. The molecule has 0 bridgehead atoms. The van der Waals surface area contributed by atoms with Crippen LogP contribution < -0.4 is 4.90 Å². The number of rotatable bonds is 4. The molecule has 1 aromatic carbocycles. The highest BCUT2D eigenvalue weighted by molar-refractivity contribution is 7.09. The van der Waals surface area contributed by atoms with E-state index in [9.17, 15) is 13.6 Å². The van der Waals surface area contributed by atoms with Crippen LogP contribution in [0.2, 0.25) is 0 Å². The van der Waals surface area contributed by atoms with Crippen LogP contribution in [0.15, 0.2) is 18.2 Å². The van der Waals surface area contributed by atoms with Gasteiger partial charge in [-0.25, -0.2) is 13.8 Å². The first kappa shape index (κ1) is 16.8. The van der Waals surface area contributed by atoms with Gasteiger partial charge in [0.1, 0.15) is 17.5 Å². The van der Waals surface area contributed by atoms with Crippen LogP contribution in [0.1, 0.15) is 31.2 Å². The number of carbonyl (C=O) groups excluding carboxylic acids is 1. The van der Waals surface area contributed by atoms with Gasteiger partial charge in [-0.1, -0.05) is 13.8 Å². The predicted molar refractivity (Wildman–Crippen MR) is 88.0 cm³/mol. The van der Waals surface area contributed by atoms with Crippen molar-refractivity contribution in [3.05, 3.63) is 41.2 Å². The van der Waals surface area contributed by atoms with Crippen LogP contribution in [0.3, 0.4) is 0 Å². The molecule has 0 spiro atoms. The fourth-order valence-corrected chi connectivity index (χ4v) is 3.33. The molecule has 1 aliphatic heterocycles. The Hall–Kier alpha value is -2.09. The fraction of sp³-hybridized carbons (Fsp3) is 0.438. The Balaban J connectivity index is 1.66. The topological polar surface area (TPSA) is 49.3 Å². The van der Waals surface area contributed by atoms with E-state index in [1.54, 1.807) is 4.90 Å². The summed E-state index contributed by atoms with van der Waals surface area (Å²) in [7, 11) is 0. The third kappa shape index (κ3) is 3.53. The van der Waals surface area contributed by atoms with Crippen molar-refractivity contribution in [3.8, 4) is 0 Å². The van der Waals surface area contributed by atoms with E-state index in [1.807, 2.05) is 18.7 Å². The standard InChI is InChI=1S/C16H18F2N4OS/c1-10(2)15-19-16(24-20-15)22-6-5-21(14(23)9-22)8-11-7-12(17)3-4-13(11)18/h3-4,7,10H,5-6,8-9H2,1-2H3. The molecule has 2 heterocycles. The van der Waals surface area contributed by atoms with Crippen LogP contribution in [0.25, 0.3) is 0 Å². The lowest BCUT2D eigenvalue weighted by Crippen LogP contribution is -2.50. The van der Waals surface area contributed by atoms with E-state index in [-0.39, 0.29) is 30.5 Å². The summed E-state index contributed by atoms with van der Waals surface area (Å²) in [6, 6.07) is 3.29. The molecular weight excluding hydrogens is 334 g/mol. The van der Waals surface area contributed by atoms with Crippen LogP contribution in [0.4, 0.5) is 13.9 Å². The molecule has 1 aliphatic rings. The Bertz CT molecular complexity index is 749. The molecule has 24 heavy (non-hydrogen) atoms. The van der Waals surface area contributed by atoms with Gasteiger partial charge in [0.25, 0.3) is 0 Å². The average Bonchev–Trinajstić information content (AvgIpc) is 3.03. The number of anilines is 1. The molecule has 1 saturated heterocycles. The van der Waals surface area contributed by atoms with Gasteiger partial charge in [0.2, 0.25) is 11.0 Å². The molecule has 1 fully saturated rings. The number of hydrogen-bond donors (Lipinski definition) is 0. The van der Waals surface area contributed by atoms with Gasteiger partial charge in [-0.05, 0) is 18.2 Å². The van der Waals surface area contributed by atoms with Crippen molar-refractivity contribution < 1.29 is 13.6 Å². The Kier molecular flexibility index (Phi) is 4.75. The third-order valence-electron chi connectivity index (χ3n) is 3.91. The minimum Gasteiger partial charge on any atom is -0.336 e. The molecule has 0 atom stereocenters. The fourth-order valence-electron chi connectivity index (χ4n) is 2.50. The first-order valence-corrected chi connectivity index (χ1v) is 8.51. The number of nitrogens with zero attached hydrogens (tertiary/aromatic N) is 4. The summed E-state index contributed by atoms with van der Waals surface area (Å²) >= 11 is 1.28. The van der Waals surface area contributed by atoms with Crippen molar-refractivity contribution in [1.82, 2.24) is 14.3 Å². The summed E-state index contributed by atoms with van der Waals surface area (Å²) in [5.74, 6) is -0.134. The first-order chi connectivity index (χ1) is 11.4. The van der Waals surface area contributed by atoms with Gasteiger partial charge in [0.05, 0.1) is 6.54 Å². The van der Waals surface area contributed by atoms with Crippen molar-refractivity contribution in [1.29, 1.82) is 0 Å². The average molecular weight is 352 g/mol. The summed E-state index contributed by atoms with van der Waals surface area (Å²) < 4.78 is 31.3. The van der Waals surface area contributed by atoms with Crippen LogP contribution in [0.5, 0.6) is 0 Å². The van der Waals surface area contributed by atoms with Gasteiger partial charge in [-0.2, -0.15) is 4.37 Å². The van der Waals surface area contributed by atoms with Gasteiger partial charge in [-0.15, -0.1) is 0 Å². The van der Waals surface area contributed by atoms with Crippen molar-refractivity contribution in [2.45, 2.75) is 26.3 Å². The molecule has 1 aromatic heterocycles. The van der Waals surface area contributed by atoms with Crippen molar-refractivity contribution in [3.63, 3.8) is 0 Å². The minimum absolute atomic E-state index is 0.0730. The van der Waals surface area contributed by atoms with E-state index in [4.69, 9.17) is 0 Å². The molecule has 128 valence electrons. The Labute approximate surface area is 143 Å². The zero-order chi connectivity index (χ0) is 17.3. The maximum atomic E-state index is 13.7. The molecule has 2 aromatic rings. The van der Waals surface area contributed by atoms with Crippen molar-refractivity contribution in [2.24, 2.45) is 0 Å². The second kappa shape index (κ2) is 6.80. The molecule has 0 radical (unpaired) electrons. The summed E-state index contributed by atoms with van der Waals surface area (Å²) in [6.07, 6.45) is 0. The molecule has 0 unspecified atom stereocenters. The number of aromatic nitrogens is 2. The quantitative estimate of drug-likeness (QED) is 0.849. The molecule has 5 nitrogen and oxygen atoms in total. The SMILES string of the molecule is CC(C)c1nsc(N2CCN(Cc3cc(F)ccc3F)C(=O)C2)n1. The van der Waals surface area contributed by atoms with Crippen molar-refractivity contribution >= 4 is 22.6 Å². The third-order valence-corrected chi connectivity index (χ3v) is 4.70. The lowest BCUT2D eigenvalue weighted by atomic mass is 10.1. The maximum Gasteiger partial charge on any atom is 0.242 e. The lowest BCUT2D eigenvalue weighted by Gasteiger charge is -2.34. The molecule has 0 N–H and O–H groups in total. The number of hydrogen-bond acceptors (Lipinski definition) is 5. The maximum absolute atomic E-state index is 13.7. The molecule has 8 heteroatoms. The number of piperazine rings is 1. The second-order valence-corrected chi connectivity index (χ2v) is 6.79. The van der Waals surface area contributed by atoms with Crippen molar-refractivity contribution in [2.75, 3.05) is 24.5 Å². The largest absolute Gasteiger partial charge is 0.336 e. The van der Waals surface area contributed by atoms with Gasteiger partial charge in [-0.3, -0.25) is 4.79 Å². The zero-order valence-corrected chi connectivity index (χ0v) is 14.3. The van der Waals surface area contributed by atoms with E-state index >= 15 is 0 Å². The van der Waals surface area contributed by atoms with Gasteiger partial charge >= 0.3 is 0 Å². The normalized spacial score (nSPS) is 15.5. The highest BCUT2D eigenvalue weighted by Gasteiger charge is 2.27. The van der Waals surface area contributed by atoms with Crippen LogP contribution in [-0.2, 0) is 11.3 Å². The van der Waals surface area contributed by atoms with Gasteiger partial charge in [0.15, 0.2) is 0 Å². The smallest absolute Gasteiger partial charge is 0.242 e. The Morgan fingerprint density at radius 2 is 2.08 bits per heavy atom. The van der Waals surface area contributed by atoms with E-state index in [0.717, 1.165) is 29.2 Å². The van der Waals surface area contributed by atoms with Crippen LogP contribution >= 0.6 is 11.5 Å². The molecule has 0 aliphatic carbocycles. The van der Waals surface area contributed by atoms with E-state index < -0.39 is 11.6 Å². The predicted octanol–water partition coefficient (Wildman–Crippen LogP) is 2.79. The van der Waals surface area contributed by atoms with Gasteiger partial charge < -0.3 is 9.80 Å². The Morgan fingerprint density at radius 1 is 1.29 bits per heavy atom. The highest BCUT2D eigenvalue weighted by Crippen LogP contribution is 2.23. The van der Waals surface area contributed by atoms with E-state index in [1.165, 1.54) is 11.5 Å². The van der Waals surface area contributed by atoms with E-state index in [0.29, 0.717) is 13.1 Å². The summed E-state index contributed by atoms with van der Waals surface area (Å²) in [5, 5.41) is 0.726. The monoisotopic (exact) mass is 352 g/mol. The molecule has 1 amide bonds. The highest BCUT2D eigenvalue weighted by atomic mass is 32.1. The lowest BCUT2D eigenvalue weighted by molar-refractivity contribution is -0.131. The number of carbonyl (C=O) groups is 1. The minimum atomic E-state index is -0.507. The second-order valence-electron chi connectivity index (χ2n) is 6.06. The van der Waals surface area contributed by atoms with Crippen LogP contribution in [0, 0.1) is 11.6 Å².